The van der Waals surface area contributed by atoms with E-state index in [-0.39, 0.29) is 10.7 Å². The lowest BCUT2D eigenvalue weighted by Gasteiger charge is -2.28. The standard InChI is InChI=1S/C18H24N4OS/c1-18(2,24-3)16(19)17(23)21-12-10-15-20-11-9-14(22-15)13-7-5-4-6-8-13/h4-9,11,16H,10,12,19H2,1-3H3,(H,21,23)/t16-/m1/s1. The van der Waals surface area contributed by atoms with Crippen LogP contribution in [0.1, 0.15) is 19.7 Å². The van der Waals surface area contributed by atoms with Crippen molar-refractivity contribution in [3.63, 3.8) is 0 Å². The predicted octanol–water partition coefficient (Wildman–Crippen LogP) is 2.27. The van der Waals surface area contributed by atoms with Gasteiger partial charge in [0.25, 0.3) is 0 Å². The van der Waals surface area contributed by atoms with Crippen LogP contribution < -0.4 is 11.1 Å². The molecule has 128 valence electrons. The van der Waals surface area contributed by atoms with Gasteiger partial charge in [-0.15, -0.1) is 0 Å². The molecule has 2 rings (SSSR count). The van der Waals surface area contributed by atoms with E-state index in [1.807, 2.05) is 56.5 Å². The van der Waals surface area contributed by atoms with E-state index in [9.17, 15) is 4.79 Å². The van der Waals surface area contributed by atoms with Crippen LogP contribution in [0.4, 0.5) is 0 Å². The first kappa shape index (κ1) is 18.4. The third kappa shape index (κ3) is 4.79. The van der Waals surface area contributed by atoms with Gasteiger partial charge in [0.1, 0.15) is 5.82 Å². The molecule has 1 amide bonds. The largest absolute Gasteiger partial charge is 0.354 e. The Morgan fingerprint density at radius 1 is 1.29 bits per heavy atom. The number of hydrogen-bond donors (Lipinski definition) is 2. The minimum atomic E-state index is -0.552. The molecule has 1 atom stereocenters. The molecule has 5 nitrogen and oxygen atoms in total. The maximum Gasteiger partial charge on any atom is 0.238 e. The normalized spacial score (nSPS) is 12.7. The smallest absolute Gasteiger partial charge is 0.238 e. The number of nitrogens with two attached hydrogens (primary N) is 1. The Balaban J connectivity index is 1.92. The zero-order valence-corrected chi connectivity index (χ0v) is 15.1. The van der Waals surface area contributed by atoms with Gasteiger partial charge in [0, 0.05) is 29.5 Å². The summed E-state index contributed by atoms with van der Waals surface area (Å²) in [7, 11) is 0. The number of amides is 1. The zero-order chi connectivity index (χ0) is 17.6. The van der Waals surface area contributed by atoms with Crippen molar-refractivity contribution in [2.75, 3.05) is 12.8 Å². The summed E-state index contributed by atoms with van der Waals surface area (Å²) >= 11 is 1.58. The Morgan fingerprint density at radius 2 is 2.00 bits per heavy atom. The highest BCUT2D eigenvalue weighted by Gasteiger charge is 2.30. The van der Waals surface area contributed by atoms with Crippen LogP contribution in [-0.4, -0.2) is 39.5 Å². The van der Waals surface area contributed by atoms with Crippen molar-refractivity contribution in [3.8, 4) is 11.3 Å². The Hall–Kier alpha value is -1.92. The van der Waals surface area contributed by atoms with Gasteiger partial charge in [-0.25, -0.2) is 9.97 Å². The molecule has 0 spiro atoms. The van der Waals surface area contributed by atoms with Crippen LogP contribution in [-0.2, 0) is 11.2 Å². The number of carbonyl (C=O) groups is 1. The molecular formula is C18H24N4OS. The summed E-state index contributed by atoms with van der Waals surface area (Å²) in [6.07, 6.45) is 4.27. The van der Waals surface area contributed by atoms with Gasteiger partial charge in [0.2, 0.25) is 5.91 Å². The van der Waals surface area contributed by atoms with Crippen LogP contribution in [0, 0.1) is 0 Å². The van der Waals surface area contributed by atoms with E-state index >= 15 is 0 Å². The molecule has 24 heavy (non-hydrogen) atoms. The molecule has 1 heterocycles. The third-order valence-corrected chi connectivity index (χ3v) is 5.29. The van der Waals surface area contributed by atoms with Crippen molar-refractivity contribution >= 4 is 17.7 Å². The molecule has 6 heteroatoms. The summed E-state index contributed by atoms with van der Waals surface area (Å²) in [6.45, 7) is 4.40. The van der Waals surface area contributed by atoms with Gasteiger partial charge in [-0.1, -0.05) is 30.3 Å². The Labute approximate surface area is 147 Å². The van der Waals surface area contributed by atoms with Crippen LogP contribution in [0.5, 0.6) is 0 Å². The molecule has 1 aromatic carbocycles. The summed E-state index contributed by atoms with van der Waals surface area (Å²) < 4.78 is -0.298. The molecule has 3 N–H and O–H groups in total. The highest BCUT2D eigenvalue weighted by molar-refractivity contribution is 8.00. The van der Waals surface area contributed by atoms with E-state index in [0.717, 1.165) is 11.3 Å². The van der Waals surface area contributed by atoms with Gasteiger partial charge in [-0.05, 0) is 26.2 Å². The molecule has 0 fully saturated rings. The van der Waals surface area contributed by atoms with Crippen LogP contribution >= 0.6 is 11.8 Å². The van der Waals surface area contributed by atoms with E-state index in [1.165, 1.54) is 0 Å². The van der Waals surface area contributed by atoms with E-state index in [4.69, 9.17) is 5.73 Å². The molecular weight excluding hydrogens is 320 g/mol. The predicted molar refractivity (Wildman–Crippen MR) is 99.8 cm³/mol. The number of rotatable bonds is 7. The second-order valence-corrected chi connectivity index (χ2v) is 7.51. The highest BCUT2D eigenvalue weighted by atomic mass is 32.2. The Bertz CT molecular complexity index is 676. The van der Waals surface area contributed by atoms with Gasteiger partial charge in [-0.2, -0.15) is 11.8 Å². The molecule has 0 saturated heterocycles. The molecule has 0 aliphatic carbocycles. The first-order chi connectivity index (χ1) is 11.4. The monoisotopic (exact) mass is 344 g/mol. The Morgan fingerprint density at radius 3 is 2.67 bits per heavy atom. The average molecular weight is 344 g/mol. The average Bonchev–Trinajstić information content (AvgIpc) is 2.62. The van der Waals surface area contributed by atoms with Crippen molar-refractivity contribution in [1.82, 2.24) is 15.3 Å². The van der Waals surface area contributed by atoms with Crippen LogP contribution in [0.3, 0.4) is 0 Å². The number of carbonyl (C=O) groups excluding carboxylic acids is 1. The van der Waals surface area contributed by atoms with E-state index in [2.05, 4.69) is 15.3 Å². The first-order valence-corrected chi connectivity index (χ1v) is 9.12. The fourth-order valence-corrected chi connectivity index (χ4v) is 2.50. The van der Waals surface area contributed by atoms with E-state index < -0.39 is 6.04 Å². The topological polar surface area (TPSA) is 80.9 Å². The number of thioether (sulfide) groups is 1. The molecule has 0 radical (unpaired) electrons. The SMILES string of the molecule is CSC(C)(C)[C@H](N)C(=O)NCCc1nccc(-c2ccccc2)n1. The Kier molecular flexibility index (Phi) is 6.34. The second-order valence-electron chi connectivity index (χ2n) is 6.05. The van der Waals surface area contributed by atoms with Gasteiger partial charge in [0.15, 0.2) is 0 Å². The lowest BCUT2D eigenvalue weighted by atomic mass is 10.0. The van der Waals surface area contributed by atoms with Crippen LogP contribution in [0.15, 0.2) is 42.6 Å². The number of nitrogens with zero attached hydrogens (tertiary/aromatic N) is 2. The summed E-state index contributed by atoms with van der Waals surface area (Å²) in [4.78, 5) is 21.0. The summed E-state index contributed by atoms with van der Waals surface area (Å²) in [5, 5.41) is 2.87. The minimum Gasteiger partial charge on any atom is -0.354 e. The van der Waals surface area contributed by atoms with Gasteiger partial charge < -0.3 is 11.1 Å². The van der Waals surface area contributed by atoms with Gasteiger partial charge >= 0.3 is 0 Å². The number of nitrogens with one attached hydrogen (secondary N) is 1. The summed E-state index contributed by atoms with van der Waals surface area (Å²) in [5.74, 6) is 0.558. The number of aromatic nitrogens is 2. The molecule has 0 bridgehead atoms. The highest BCUT2D eigenvalue weighted by Crippen LogP contribution is 2.24. The fourth-order valence-electron chi connectivity index (χ4n) is 2.14. The van der Waals surface area contributed by atoms with E-state index in [0.29, 0.717) is 18.8 Å². The van der Waals surface area contributed by atoms with Gasteiger partial charge in [0.05, 0.1) is 11.7 Å². The fraction of sp³-hybridized carbons (Fsp3) is 0.389. The maximum atomic E-state index is 12.1. The minimum absolute atomic E-state index is 0.145. The second kappa shape index (κ2) is 8.26. The van der Waals surface area contributed by atoms with Gasteiger partial charge in [-0.3, -0.25) is 4.79 Å². The van der Waals surface area contributed by atoms with Crippen LogP contribution in [0.25, 0.3) is 11.3 Å². The molecule has 2 aromatic rings. The third-order valence-electron chi connectivity index (χ3n) is 3.98. The lowest BCUT2D eigenvalue weighted by molar-refractivity contribution is -0.122. The molecule has 0 aliphatic heterocycles. The lowest BCUT2D eigenvalue weighted by Crippen LogP contribution is -2.52. The molecule has 1 aromatic heterocycles. The maximum absolute atomic E-state index is 12.1. The number of benzene rings is 1. The van der Waals surface area contributed by atoms with Crippen molar-refractivity contribution in [1.29, 1.82) is 0 Å². The molecule has 0 aliphatic rings. The van der Waals surface area contributed by atoms with Crippen molar-refractivity contribution < 1.29 is 4.79 Å². The quantitative estimate of drug-likeness (QED) is 0.805. The van der Waals surface area contributed by atoms with E-state index in [1.54, 1.807) is 18.0 Å². The summed E-state index contributed by atoms with van der Waals surface area (Å²) in [6, 6.07) is 11.3. The zero-order valence-electron chi connectivity index (χ0n) is 14.3. The van der Waals surface area contributed by atoms with Crippen molar-refractivity contribution in [2.45, 2.75) is 31.1 Å². The summed E-state index contributed by atoms with van der Waals surface area (Å²) in [5.41, 5.74) is 7.95. The van der Waals surface area contributed by atoms with Crippen molar-refractivity contribution in [3.05, 3.63) is 48.4 Å². The molecule has 0 saturated carbocycles. The molecule has 0 unspecified atom stereocenters. The van der Waals surface area contributed by atoms with Crippen LogP contribution in [0.2, 0.25) is 0 Å². The van der Waals surface area contributed by atoms with Crippen molar-refractivity contribution in [2.24, 2.45) is 5.73 Å². The first-order valence-electron chi connectivity index (χ1n) is 7.90. The number of hydrogen-bond acceptors (Lipinski definition) is 5.